The van der Waals surface area contributed by atoms with Crippen LogP contribution in [-0.2, 0) is 4.74 Å². The number of nitrogen functional groups attached to an aromatic ring is 2. The summed E-state index contributed by atoms with van der Waals surface area (Å²) >= 11 is 0. The lowest BCUT2D eigenvalue weighted by Crippen LogP contribution is -2.14. The second-order valence-electron chi connectivity index (χ2n) is 5.26. The van der Waals surface area contributed by atoms with Crippen LogP contribution in [0.1, 0.15) is 38.1 Å². The van der Waals surface area contributed by atoms with Crippen molar-refractivity contribution in [1.29, 1.82) is 0 Å². The molecular formula is C14H22N2O4. The number of phenols is 1. The molecule has 6 nitrogen and oxygen atoms in total. The highest BCUT2D eigenvalue weighted by atomic mass is 16.5. The lowest BCUT2D eigenvalue weighted by Gasteiger charge is -2.17. The van der Waals surface area contributed by atoms with Crippen LogP contribution >= 0.6 is 0 Å². The van der Waals surface area contributed by atoms with E-state index >= 15 is 0 Å². The molecule has 1 aromatic carbocycles. The zero-order valence-corrected chi connectivity index (χ0v) is 12.3. The van der Waals surface area contributed by atoms with E-state index in [1.54, 1.807) is 13.8 Å². The molecule has 0 aliphatic carbocycles. The molecule has 0 radical (unpaired) electrons. The maximum atomic E-state index is 11.9. The molecule has 0 atom stereocenters. The van der Waals surface area contributed by atoms with Crippen LogP contribution in [0.3, 0.4) is 0 Å². The first kappa shape index (κ1) is 15.9. The van der Waals surface area contributed by atoms with Crippen LogP contribution in [0.25, 0.3) is 0 Å². The molecule has 0 saturated heterocycles. The Hall–Kier alpha value is -2.11. The first-order valence-corrected chi connectivity index (χ1v) is 6.48. The Balaban J connectivity index is 3.09. The molecule has 6 heteroatoms. The summed E-state index contributed by atoms with van der Waals surface area (Å²) in [6, 6.07) is 1.31. The normalized spacial score (nSPS) is 10.9. The monoisotopic (exact) mass is 282 g/mol. The second kappa shape index (κ2) is 6.36. The third-order valence-corrected chi connectivity index (χ3v) is 2.44. The highest BCUT2D eigenvalue weighted by Crippen LogP contribution is 2.40. The number of ether oxygens (including phenoxy) is 2. The van der Waals surface area contributed by atoms with Gasteiger partial charge in [0.05, 0.1) is 18.4 Å². The zero-order valence-electron chi connectivity index (χ0n) is 12.3. The number of carbonyl (C=O) groups excluding carboxylic acids is 1. The quantitative estimate of drug-likeness (QED) is 0.330. The van der Waals surface area contributed by atoms with Crippen LogP contribution in [0.5, 0.6) is 11.5 Å². The number of phenolic OH excluding ortho intramolecular Hbond substituents is 1. The zero-order chi connectivity index (χ0) is 15.4. The van der Waals surface area contributed by atoms with Gasteiger partial charge in [-0.05, 0) is 25.8 Å². The average Bonchev–Trinajstić information content (AvgIpc) is 2.35. The Labute approximate surface area is 118 Å². The van der Waals surface area contributed by atoms with Gasteiger partial charge in [-0.1, -0.05) is 13.8 Å². The standard InChI is InChI=1S/C14H22N2O4/c1-7(2)6-19-14(18)9-5-10(15)13(20-8(3)4)11(16)12(9)17/h5,7-8,17H,6,15-16H2,1-4H3. The van der Waals surface area contributed by atoms with Gasteiger partial charge < -0.3 is 26.0 Å². The average molecular weight is 282 g/mol. The predicted octanol–water partition coefficient (Wildman–Crippen LogP) is 2.16. The van der Waals surface area contributed by atoms with Crippen molar-refractivity contribution in [2.24, 2.45) is 5.92 Å². The molecule has 0 unspecified atom stereocenters. The summed E-state index contributed by atoms with van der Waals surface area (Å²) in [6.45, 7) is 7.69. The van der Waals surface area contributed by atoms with Crippen molar-refractivity contribution in [3.63, 3.8) is 0 Å². The molecule has 1 rings (SSSR count). The molecular weight excluding hydrogens is 260 g/mol. The highest BCUT2D eigenvalue weighted by Gasteiger charge is 2.21. The molecule has 0 aliphatic heterocycles. The van der Waals surface area contributed by atoms with E-state index in [2.05, 4.69) is 0 Å². The van der Waals surface area contributed by atoms with Crippen LogP contribution in [0.2, 0.25) is 0 Å². The molecule has 0 heterocycles. The predicted molar refractivity (Wildman–Crippen MR) is 77.8 cm³/mol. The van der Waals surface area contributed by atoms with Crippen LogP contribution in [0, 0.1) is 5.92 Å². The van der Waals surface area contributed by atoms with Crippen molar-refractivity contribution in [3.8, 4) is 11.5 Å². The van der Waals surface area contributed by atoms with Gasteiger partial charge in [0.2, 0.25) is 0 Å². The maximum Gasteiger partial charge on any atom is 0.342 e. The SMILES string of the molecule is CC(C)COC(=O)c1cc(N)c(OC(C)C)c(N)c1O. The number of hydrogen-bond donors (Lipinski definition) is 3. The smallest absolute Gasteiger partial charge is 0.342 e. The topological polar surface area (TPSA) is 108 Å². The van der Waals surface area contributed by atoms with Crippen LogP contribution in [0.4, 0.5) is 11.4 Å². The molecule has 20 heavy (non-hydrogen) atoms. The molecule has 112 valence electrons. The van der Waals surface area contributed by atoms with Crippen molar-refractivity contribution in [2.75, 3.05) is 18.1 Å². The summed E-state index contributed by atoms with van der Waals surface area (Å²) in [7, 11) is 0. The van der Waals surface area contributed by atoms with E-state index in [0.29, 0.717) is 0 Å². The van der Waals surface area contributed by atoms with E-state index in [4.69, 9.17) is 20.9 Å². The van der Waals surface area contributed by atoms with Gasteiger partial charge in [-0.2, -0.15) is 0 Å². The Bertz CT molecular complexity index is 498. The molecule has 5 N–H and O–H groups in total. The van der Waals surface area contributed by atoms with Crippen LogP contribution in [-0.4, -0.2) is 23.8 Å². The van der Waals surface area contributed by atoms with Crippen molar-refractivity contribution in [1.82, 2.24) is 0 Å². The van der Waals surface area contributed by atoms with Gasteiger partial charge in [0.25, 0.3) is 0 Å². The van der Waals surface area contributed by atoms with Crippen molar-refractivity contribution in [3.05, 3.63) is 11.6 Å². The van der Waals surface area contributed by atoms with Crippen molar-refractivity contribution in [2.45, 2.75) is 33.8 Å². The van der Waals surface area contributed by atoms with Crippen molar-refractivity contribution >= 4 is 17.3 Å². The number of anilines is 2. The van der Waals surface area contributed by atoms with Crippen molar-refractivity contribution < 1.29 is 19.4 Å². The fourth-order valence-corrected chi connectivity index (χ4v) is 1.54. The van der Waals surface area contributed by atoms with Gasteiger partial charge in [0.1, 0.15) is 11.3 Å². The van der Waals surface area contributed by atoms with Gasteiger partial charge in [0.15, 0.2) is 11.5 Å². The molecule has 0 fully saturated rings. The van der Waals surface area contributed by atoms with Crippen LogP contribution in [0.15, 0.2) is 6.07 Å². The number of aromatic hydroxyl groups is 1. The third kappa shape index (κ3) is 3.69. The Morgan fingerprint density at radius 2 is 1.90 bits per heavy atom. The highest BCUT2D eigenvalue weighted by molar-refractivity contribution is 5.97. The minimum atomic E-state index is -0.661. The first-order chi connectivity index (χ1) is 9.23. The first-order valence-electron chi connectivity index (χ1n) is 6.48. The number of benzene rings is 1. The van der Waals surface area contributed by atoms with E-state index in [-0.39, 0.29) is 47.1 Å². The van der Waals surface area contributed by atoms with E-state index < -0.39 is 5.97 Å². The summed E-state index contributed by atoms with van der Waals surface area (Å²) in [5, 5.41) is 9.99. The fourth-order valence-electron chi connectivity index (χ4n) is 1.54. The second-order valence-corrected chi connectivity index (χ2v) is 5.26. The molecule has 1 aromatic rings. The summed E-state index contributed by atoms with van der Waals surface area (Å²) < 4.78 is 10.5. The Morgan fingerprint density at radius 1 is 1.30 bits per heavy atom. The van der Waals surface area contributed by atoms with E-state index in [1.807, 2.05) is 13.8 Å². The summed E-state index contributed by atoms with van der Waals surface area (Å²) in [5.74, 6) is -0.661. The Morgan fingerprint density at radius 3 is 2.40 bits per heavy atom. The van der Waals surface area contributed by atoms with Gasteiger partial charge in [-0.3, -0.25) is 0 Å². The molecule has 0 bridgehead atoms. The fraction of sp³-hybridized carbons (Fsp3) is 0.500. The Kier molecular flexibility index (Phi) is 5.07. The van der Waals surface area contributed by atoms with Gasteiger partial charge in [-0.25, -0.2) is 4.79 Å². The third-order valence-electron chi connectivity index (χ3n) is 2.44. The summed E-state index contributed by atoms with van der Waals surface area (Å²) in [5.41, 5.74) is 11.6. The molecule has 0 aromatic heterocycles. The number of rotatable bonds is 5. The lowest BCUT2D eigenvalue weighted by molar-refractivity contribution is 0.0456. The number of carbonyl (C=O) groups is 1. The largest absolute Gasteiger partial charge is 0.505 e. The lowest BCUT2D eigenvalue weighted by atomic mass is 10.1. The van der Waals surface area contributed by atoms with E-state index in [9.17, 15) is 9.90 Å². The van der Waals surface area contributed by atoms with Gasteiger partial charge in [-0.15, -0.1) is 0 Å². The number of esters is 1. The molecule has 0 amide bonds. The van der Waals surface area contributed by atoms with E-state index in [0.717, 1.165) is 0 Å². The molecule has 0 saturated carbocycles. The number of nitrogens with two attached hydrogens (primary N) is 2. The maximum absolute atomic E-state index is 11.9. The van der Waals surface area contributed by atoms with Gasteiger partial charge >= 0.3 is 5.97 Å². The minimum absolute atomic E-state index is 0.0586. The summed E-state index contributed by atoms with van der Waals surface area (Å²) in [4.78, 5) is 11.9. The van der Waals surface area contributed by atoms with Gasteiger partial charge in [0, 0.05) is 0 Å². The minimum Gasteiger partial charge on any atom is -0.505 e. The molecule has 0 aliphatic rings. The molecule has 0 spiro atoms. The summed E-state index contributed by atoms with van der Waals surface area (Å²) in [6.07, 6.45) is -0.155. The number of hydrogen-bond acceptors (Lipinski definition) is 6. The van der Waals surface area contributed by atoms with Crippen LogP contribution < -0.4 is 16.2 Å². The van der Waals surface area contributed by atoms with E-state index in [1.165, 1.54) is 6.07 Å².